The van der Waals surface area contributed by atoms with Crippen LogP contribution in [0.1, 0.15) is 27.1 Å². The molecule has 0 radical (unpaired) electrons. The first-order valence-electron chi connectivity index (χ1n) is 7.29. The van der Waals surface area contributed by atoms with Crippen molar-refractivity contribution in [3.8, 4) is 0 Å². The van der Waals surface area contributed by atoms with Crippen LogP contribution in [-0.2, 0) is 6.54 Å². The molecular formula is C16H13N3O5. The van der Waals surface area contributed by atoms with Crippen LogP contribution in [0.5, 0.6) is 0 Å². The first-order valence-corrected chi connectivity index (χ1v) is 7.29. The van der Waals surface area contributed by atoms with Crippen molar-refractivity contribution < 1.29 is 14.5 Å². The fraction of sp³-hybridized carbons (Fsp3) is 0.188. The first kappa shape index (κ1) is 15.6. The number of aromatic nitrogens is 1. The van der Waals surface area contributed by atoms with E-state index < -0.39 is 4.92 Å². The minimum absolute atomic E-state index is 0.140. The standard InChI is InChI=1S/C16H13N3O5/c20-14-7-6-11(19(23)24)10-17(14)8-3-9-18-15(21)12-4-1-2-5-13(12)16(18)22/h1-2,4-7,10H,3,8-9H2. The molecule has 1 aromatic carbocycles. The molecule has 1 aliphatic rings. The molecule has 0 N–H and O–H groups in total. The molecule has 0 fully saturated rings. The third-order valence-corrected chi connectivity index (χ3v) is 3.84. The van der Waals surface area contributed by atoms with Gasteiger partial charge in [0.15, 0.2) is 0 Å². The van der Waals surface area contributed by atoms with Gasteiger partial charge in [0, 0.05) is 25.2 Å². The Morgan fingerprint density at radius 1 is 0.917 bits per heavy atom. The molecule has 1 aliphatic heterocycles. The van der Waals surface area contributed by atoms with Crippen LogP contribution in [0.15, 0.2) is 47.4 Å². The van der Waals surface area contributed by atoms with Crippen LogP contribution in [0.2, 0.25) is 0 Å². The number of nitrogens with zero attached hydrogens (tertiary/aromatic N) is 3. The van der Waals surface area contributed by atoms with Gasteiger partial charge in [0.05, 0.1) is 22.2 Å². The maximum absolute atomic E-state index is 12.2. The number of aryl methyl sites for hydroxylation is 1. The highest BCUT2D eigenvalue weighted by Crippen LogP contribution is 2.22. The molecule has 2 aromatic rings. The van der Waals surface area contributed by atoms with E-state index in [-0.39, 0.29) is 36.2 Å². The highest BCUT2D eigenvalue weighted by molar-refractivity contribution is 6.21. The lowest BCUT2D eigenvalue weighted by Gasteiger charge is -2.14. The summed E-state index contributed by atoms with van der Waals surface area (Å²) < 4.78 is 1.20. The summed E-state index contributed by atoms with van der Waals surface area (Å²) in [7, 11) is 0. The van der Waals surface area contributed by atoms with E-state index in [4.69, 9.17) is 0 Å². The molecule has 0 saturated heterocycles. The summed E-state index contributed by atoms with van der Waals surface area (Å²) in [5.41, 5.74) is 0.184. The number of hydrogen-bond donors (Lipinski definition) is 0. The molecule has 24 heavy (non-hydrogen) atoms. The molecule has 0 bridgehead atoms. The number of benzene rings is 1. The molecule has 3 rings (SSSR count). The summed E-state index contributed by atoms with van der Waals surface area (Å²) in [6, 6.07) is 8.84. The number of pyridine rings is 1. The average molecular weight is 327 g/mol. The lowest BCUT2D eigenvalue weighted by Crippen LogP contribution is -2.32. The number of carbonyl (C=O) groups is 2. The predicted molar refractivity (Wildman–Crippen MR) is 83.8 cm³/mol. The second kappa shape index (κ2) is 6.07. The third-order valence-electron chi connectivity index (χ3n) is 3.84. The highest BCUT2D eigenvalue weighted by Gasteiger charge is 2.34. The summed E-state index contributed by atoms with van der Waals surface area (Å²) in [5, 5.41) is 10.8. The maximum Gasteiger partial charge on any atom is 0.285 e. The summed E-state index contributed by atoms with van der Waals surface area (Å²) >= 11 is 0. The second-order valence-corrected chi connectivity index (χ2v) is 5.34. The van der Waals surface area contributed by atoms with Gasteiger partial charge in [-0.2, -0.15) is 0 Å². The largest absolute Gasteiger partial charge is 0.309 e. The quantitative estimate of drug-likeness (QED) is 0.470. The Balaban J connectivity index is 1.69. The zero-order valence-electron chi connectivity index (χ0n) is 12.5. The van der Waals surface area contributed by atoms with E-state index in [1.165, 1.54) is 4.57 Å². The van der Waals surface area contributed by atoms with Crippen molar-refractivity contribution in [1.82, 2.24) is 9.47 Å². The normalized spacial score (nSPS) is 13.2. The number of fused-ring (bicyclic) bond motifs is 1. The van der Waals surface area contributed by atoms with E-state index in [0.29, 0.717) is 17.5 Å². The topological polar surface area (TPSA) is 103 Å². The van der Waals surface area contributed by atoms with E-state index in [1.54, 1.807) is 24.3 Å². The molecule has 1 aromatic heterocycles. The number of rotatable bonds is 5. The molecule has 0 aliphatic carbocycles. The van der Waals surface area contributed by atoms with Gasteiger partial charge >= 0.3 is 0 Å². The summed E-state index contributed by atoms with van der Waals surface area (Å²) in [5.74, 6) is -0.719. The molecular weight excluding hydrogens is 314 g/mol. The van der Waals surface area contributed by atoms with Gasteiger partial charge in [-0.3, -0.25) is 29.4 Å². The number of amides is 2. The van der Waals surface area contributed by atoms with E-state index in [9.17, 15) is 24.5 Å². The van der Waals surface area contributed by atoms with Crippen molar-refractivity contribution in [2.45, 2.75) is 13.0 Å². The molecule has 2 heterocycles. The Hall–Kier alpha value is -3.29. The Bertz CT molecular complexity index is 868. The number of carbonyl (C=O) groups excluding carboxylic acids is 2. The third kappa shape index (κ3) is 2.69. The lowest BCUT2D eigenvalue weighted by atomic mass is 10.1. The van der Waals surface area contributed by atoms with Gasteiger partial charge in [-0.1, -0.05) is 12.1 Å². The Labute approximate surface area is 136 Å². The monoisotopic (exact) mass is 327 g/mol. The molecule has 0 unspecified atom stereocenters. The van der Waals surface area contributed by atoms with Gasteiger partial charge < -0.3 is 4.57 Å². The smallest absolute Gasteiger partial charge is 0.285 e. The highest BCUT2D eigenvalue weighted by atomic mass is 16.6. The van der Waals surface area contributed by atoms with Crippen LogP contribution in [0.3, 0.4) is 0 Å². The van der Waals surface area contributed by atoms with Crippen molar-refractivity contribution in [3.63, 3.8) is 0 Å². The van der Waals surface area contributed by atoms with Crippen molar-refractivity contribution in [2.24, 2.45) is 0 Å². The van der Waals surface area contributed by atoms with Crippen LogP contribution >= 0.6 is 0 Å². The lowest BCUT2D eigenvalue weighted by molar-refractivity contribution is -0.385. The molecule has 0 saturated carbocycles. The van der Waals surface area contributed by atoms with Gasteiger partial charge in [-0.05, 0) is 18.6 Å². The second-order valence-electron chi connectivity index (χ2n) is 5.34. The molecule has 8 heteroatoms. The van der Waals surface area contributed by atoms with Crippen LogP contribution in [0.25, 0.3) is 0 Å². The summed E-state index contributed by atoms with van der Waals surface area (Å²) in [6.45, 7) is 0.315. The van der Waals surface area contributed by atoms with Crippen LogP contribution < -0.4 is 5.56 Å². The van der Waals surface area contributed by atoms with Crippen molar-refractivity contribution in [2.75, 3.05) is 6.54 Å². The van der Waals surface area contributed by atoms with E-state index in [2.05, 4.69) is 0 Å². The van der Waals surface area contributed by atoms with Crippen molar-refractivity contribution in [3.05, 3.63) is 74.2 Å². The summed E-state index contributed by atoms with van der Waals surface area (Å²) in [6.07, 6.45) is 1.48. The molecule has 122 valence electrons. The van der Waals surface area contributed by atoms with Crippen molar-refractivity contribution >= 4 is 17.5 Å². The molecule has 0 atom stereocenters. The van der Waals surface area contributed by atoms with Gasteiger partial charge in [-0.25, -0.2) is 0 Å². The zero-order valence-corrected chi connectivity index (χ0v) is 12.5. The Morgan fingerprint density at radius 3 is 2.12 bits per heavy atom. The Kier molecular flexibility index (Phi) is 3.95. The molecule has 2 amide bonds. The first-order chi connectivity index (χ1) is 11.5. The minimum Gasteiger partial charge on any atom is -0.309 e. The number of nitro groups is 1. The van der Waals surface area contributed by atoms with Crippen molar-refractivity contribution in [1.29, 1.82) is 0 Å². The van der Waals surface area contributed by atoms with Crippen LogP contribution in [0.4, 0.5) is 5.69 Å². The number of hydrogen-bond acceptors (Lipinski definition) is 5. The minimum atomic E-state index is -0.583. The number of imide groups is 1. The maximum atomic E-state index is 12.2. The van der Waals surface area contributed by atoms with Gasteiger partial charge in [0.2, 0.25) is 0 Å². The fourth-order valence-corrected chi connectivity index (χ4v) is 2.64. The van der Waals surface area contributed by atoms with Crippen LogP contribution in [-0.4, -0.2) is 32.7 Å². The zero-order chi connectivity index (χ0) is 17.3. The van der Waals surface area contributed by atoms with E-state index >= 15 is 0 Å². The molecule has 8 nitrogen and oxygen atoms in total. The summed E-state index contributed by atoms with van der Waals surface area (Å²) in [4.78, 5) is 47.4. The molecule has 0 spiro atoms. The van der Waals surface area contributed by atoms with Crippen LogP contribution in [0, 0.1) is 10.1 Å². The van der Waals surface area contributed by atoms with E-state index in [0.717, 1.165) is 23.2 Å². The Morgan fingerprint density at radius 2 is 1.54 bits per heavy atom. The van der Waals surface area contributed by atoms with Gasteiger partial charge in [0.25, 0.3) is 23.1 Å². The van der Waals surface area contributed by atoms with Gasteiger partial charge in [0.1, 0.15) is 0 Å². The average Bonchev–Trinajstić information content (AvgIpc) is 2.81. The fourth-order valence-electron chi connectivity index (χ4n) is 2.64. The predicted octanol–water partition coefficient (Wildman–Crippen LogP) is 1.44. The van der Waals surface area contributed by atoms with E-state index in [1.807, 2.05) is 0 Å². The SMILES string of the molecule is O=C1c2ccccc2C(=O)N1CCCn1cc([N+](=O)[O-])ccc1=O. The van der Waals surface area contributed by atoms with Gasteiger partial charge in [-0.15, -0.1) is 0 Å².